The first-order valence-electron chi connectivity index (χ1n) is 5.83. The molecule has 0 saturated carbocycles. The molecule has 0 bridgehead atoms. The van der Waals surface area contributed by atoms with Crippen molar-refractivity contribution in [1.29, 1.82) is 0 Å². The van der Waals surface area contributed by atoms with E-state index in [0.29, 0.717) is 6.10 Å². The van der Waals surface area contributed by atoms with Gasteiger partial charge in [-0.15, -0.1) is 0 Å². The first kappa shape index (κ1) is 12.0. The number of nitrogens with zero attached hydrogens (tertiary/aromatic N) is 1. The molecule has 0 aromatic heterocycles. The van der Waals surface area contributed by atoms with Crippen LogP contribution in [0.5, 0.6) is 0 Å². The zero-order valence-electron chi connectivity index (χ0n) is 9.59. The van der Waals surface area contributed by atoms with Crippen LogP contribution < -0.4 is 5.32 Å². The van der Waals surface area contributed by atoms with E-state index in [1.54, 1.807) is 0 Å². The highest BCUT2D eigenvalue weighted by molar-refractivity contribution is 4.70. The summed E-state index contributed by atoms with van der Waals surface area (Å²) in [4.78, 5) is 2.38. The standard InChI is InChI=1S/C11H24N2O/c1-3-4-5-7-13(2)10-11-9-12-6-8-14-11/h11-12H,3-10H2,1-2H3. The lowest BCUT2D eigenvalue weighted by atomic mass is 10.2. The second-order valence-electron chi connectivity index (χ2n) is 4.17. The quantitative estimate of drug-likeness (QED) is 0.650. The summed E-state index contributed by atoms with van der Waals surface area (Å²) < 4.78 is 5.65. The Kier molecular flexibility index (Phi) is 6.15. The monoisotopic (exact) mass is 200 g/mol. The van der Waals surface area contributed by atoms with Crippen LogP contribution in [-0.4, -0.2) is 50.8 Å². The average Bonchev–Trinajstić information content (AvgIpc) is 2.20. The summed E-state index contributed by atoms with van der Waals surface area (Å²) in [5.74, 6) is 0. The lowest BCUT2D eigenvalue weighted by Gasteiger charge is -2.27. The highest BCUT2D eigenvalue weighted by atomic mass is 16.5. The molecule has 0 aliphatic carbocycles. The van der Waals surface area contributed by atoms with Crippen LogP contribution >= 0.6 is 0 Å². The van der Waals surface area contributed by atoms with Gasteiger partial charge in [-0.3, -0.25) is 0 Å². The molecule has 0 amide bonds. The van der Waals surface area contributed by atoms with E-state index in [2.05, 4.69) is 24.2 Å². The summed E-state index contributed by atoms with van der Waals surface area (Å²) in [5, 5.41) is 3.36. The van der Waals surface area contributed by atoms with Gasteiger partial charge in [0.2, 0.25) is 0 Å². The number of likely N-dealkylation sites (N-methyl/N-ethyl adjacent to an activating group) is 1. The van der Waals surface area contributed by atoms with E-state index < -0.39 is 0 Å². The van der Waals surface area contributed by atoms with Crippen molar-refractivity contribution in [2.24, 2.45) is 0 Å². The van der Waals surface area contributed by atoms with Gasteiger partial charge in [0.1, 0.15) is 0 Å². The fraction of sp³-hybridized carbons (Fsp3) is 1.00. The van der Waals surface area contributed by atoms with Gasteiger partial charge in [-0.2, -0.15) is 0 Å². The molecule has 1 fully saturated rings. The van der Waals surface area contributed by atoms with Gasteiger partial charge in [-0.1, -0.05) is 19.8 Å². The predicted molar refractivity (Wildman–Crippen MR) is 59.6 cm³/mol. The largest absolute Gasteiger partial charge is 0.374 e. The van der Waals surface area contributed by atoms with Crippen LogP contribution in [0.25, 0.3) is 0 Å². The fourth-order valence-corrected chi connectivity index (χ4v) is 1.81. The average molecular weight is 200 g/mol. The number of hydrogen-bond acceptors (Lipinski definition) is 3. The Balaban J connectivity index is 2.03. The Morgan fingerprint density at radius 2 is 2.29 bits per heavy atom. The van der Waals surface area contributed by atoms with Crippen molar-refractivity contribution in [2.45, 2.75) is 32.3 Å². The number of nitrogens with one attached hydrogen (secondary N) is 1. The molecule has 1 N–H and O–H groups in total. The minimum absolute atomic E-state index is 0.398. The Morgan fingerprint density at radius 3 is 2.93 bits per heavy atom. The van der Waals surface area contributed by atoms with Crippen molar-refractivity contribution in [1.82, 2.24) is 10.2 Å². The number of hydrogen-bond donors (Lipinski definition) is 1. The van der Waals surface area contributed by atoms with Gasteiger partial charge in [0.25, 0.3) is 0 Å². The Hall–Kier alpha value is -0.120. The molecule has 0 aromatic carbocycles. The van der Waals surface area contributed by atoms with Crippen LogP contribution in [0.2, 0.25) is 0 Å². The maximum Gasteiger partial charge on any atom is 0.0826 e. The molecular formula is C11H24N2O. The fourth-order valence-electron chi connectivity index (χ4n) is 1.81. The molecule has 1 aliphatic rings. The summed E-state index contributed by atoms with van der Waals surface area (Å²) in [7, 11) is 2.19. The van der Waals surface area contributed by atoms with Crippen LogP contribution in [0.4, 0.5) is 0 Å². The summed E-state index contributed by atoms with van der Waals surface area (Å²) in [6, 6.07) is 0. The van der Waals surface area contributed by atoms with Gasteiger partial charge in [0.05, 0.1) is 12.7 Å². The highest BCUT2D eigenvalue weighted by Gasteiger charge is 2.14. The zero-order valence-corrected chi connectivity index (χ0v) is 9.59. The summed E-state index contributed by atoms with van der Waals surface area (Å²) >= 11 is 0. The topological polar surface area (TPSA) is 24.5 Å². The molecule has 0 aromatic rings. The third-order valence-electron chi connectivity index (χ3n) is 2.66. The van der Waals surface area contributed by atoms with Crippen molar-refractivity contribution in [3.8, 4) is 0 Å². The molecule has 14 heavy (non-hydrogen) atoms. The van der Waals surface area contributed by atoms with Gasteiger partial charge in [-0.05, 0) is 20.0 Å². The van der Waals surface area contributed by atoms with E-state index in [4.69, 9.17) is 4.74 Å². The van der Waals surface area contributed by atoms with Crippen molar-refractivity contribution in [3.05, 3.63) is 0 Å². The SMILES string of the molecule is CCCCCN(C)CC1CNCCO1. The number of morpholine rings is 1. The van der Waals surface area contributed by atoms with Gasteiger partial charge >= 0.3 is 0 Å². The molecular weight excluding hydrogens is 176 g/mol. The van der Waals surface area contributed by atoms with E-state index in [1.165, 1.54) is 25.8 Å². The van der Waals surface area contributed by atoms with Gasteiger partial charge in [-0.25, -0.2) is 0 Å². The third-order valence-corrected chi connectivity index (χ3v) is 2.66. The molecule has 1 atom stereocenters. The summed E-state index contributed by atoms with van der Waals surface area (Å²) in [6.07, 6.45) is 4.35. The molecule has 3 nitrogen and oxygen atoms in total. The van der Waals surface area contributed by atoms with E-state index in [0.717, 1.165) is 26.2 Å². The number of ether oxygens (including phenoxy) is 1. The molecule has 1 heterocycles. The molecule has 3 heteroatoms. The number of rotatable bonds is 6. The zero-order chi connectivity index (χ0) is 10.2. The van der Waals surface area contributed by atoms with Crippen LogP contribution in [0.15, 0.2) is 0 Å². The van der Waals surface area contributed by atoms with Crippen molar-refractivity contribution < 1.29 is 4.74 Å². The van der Waals surface area contributed by atoms with E-state index in [9.17, 15) is 0 Å². The van der Waals surface area contributed by atoms with E-state index >= 15 is 0 Å². The highest BCUT2D eigenvalue weighted by Crippen LogP contribution is 2.01. The first-order chi connectivity index (χ1) is 6.83. The van der Waals surface area contributed by atoms with E-state index in [-0.39, 0.29) is 0 Å². The van der Waals surface area contributed by atoms with Gasteiger partial charge in [0.15, 0.2) is 0 Å². The van der Waals surface area contributed by atoms with Crippen LogP contribution in [0, 0.1) is 0 Å². The van der Waals surface area contributed by atoms with Crippen molar-refractivity contribution in [2.75, 3.05) is 39.8 Å². The Labute approximate surface area is 87.8 Å². The maximum absolute atomic E-state index is 5.65. The molecule has 1 aliphatic heterocycles. The van der Waals surface area contributed by atoms with Crippen LogP contribution in [-0.2, 0) is 4.74 Å². The molecule has 1 saturated heterocycles. The van der Waals surface area contributed by atoms with Crippen molar-refractivity contribution >= 4 is 0 Å². The summed E-state index contributed by atoms with van der Waals surface area (Å²) in [5.41, 5.74) is 0. The first-order valence-corrected chi connectivity index (χ1v) is 5.83. The minimum atomic E-state index is 0.398. The normalized spacial score (nSPS) is 22.9. The molecule has 1 rings (SSSR count). The van der Waals surface area contributed by atoms with Gasteiger partial charge in [0, 0.05) is 19.6 Å². The molecule has 1 unspecified atom stereocenters. The predicted octanol–water partition coefficient (Wildman–Crippen LogP) is 1.10. The second kappa shape index (κ2) is 7.21. The van der Waals surface area contributed by atoms with Crippen LogP contribution in [0.1, 0.15) is 26.2 Å². The molecule has 84 valence electrons. The Bertz CT molecular complexity index is 135. The lowest BCUT2D eigenvalue weighted by Crippen LogP contribution is -2.44. The molecule has 0 spiro atoms. The van der Waals surface area contributed by atoms with Crippen LogP contribution in [0.3, 0.4) is 0 Å². The van der Waals surface area contributed by atoms with E-state index in [1.807, 2.05) is 0 Å². The summed E-state index contributed by atoms with van der Waals surface area (Å²) in [6.45, 7) is 7.40. The smallest absolute Gasteiger partial charge is 0.0826 e. The second-order valence-corrected chi connectivity index (χ2v) is 4.17. The number of unbranched alkanes of at least 4 members (excludes halogenated alkanes) is 2. The Morgan fingerprint density at radius 1 is 1.43 bits per heavy atom. The third kappa shape index (κ3) is 4.94. The maximum atomic E-state index is 5.65. The van der Waals surface area contributed by atoms with Crippen molar-refractivity contribution in [3.63, 3.8) is 0 Å². The lowest BCUT2D eigenvalue weighted by molar-refractivity contribution is 0.00988. The minimum Gasteiger partial charge on any atom is -0.374 e. The molecule has 0 radical (unpaired) electrons. The van der Waals surface area contributed by atoms with Gasteiger partial charge < -0.3 is 15.0 Å².